The Kier molecular flexibility index (Phi) is 27.4. The summed E-state index contributed by atoms with van der Waals surface area (Å²) in [5.41, 5.74) is 11.9. The third-order valence-electron chi connectivity index (χ3n) is 10.9. The Labute approximate surface area is 438 Å². The molecule has 0 unspecified atom stereocenters. The van der Waals surface area contributed by atoms with Crippen LogP contribution in [0.25, 0.3) is 9.69 Å². The van der Waals surface area contributed by atoms with Crippen molar-refractivity contribution in [2.75, 3.05) is 25.6 Å². The Morgan fingerprint density at radius 3 is 1.47 bits per heavy atom. The average Bonchev–Trinajstić information content (AvgIpc) is 3.26. The van der Waals surface area contributed by atoms with Crippen LogP contribution < -0.4 is 60.4 Å². The number of anilines is 1. The van der Waals surface area contributed by atoms with E-state index in [1.54, 1.807) is 62.4 Å². The van der Waals surface area contributed by atoms with Crippen LogP contribution in [-0.4, -0.2) is 65.3 Å². The Hall–Kier alpha value is -4.86. The van der Waals surface area contributed by atoms with Crippen molar-refractivity contribution in [3.8, 4) is 17.2 Å². The van der Waals surface area contributed by atoms with Crippen LogP contribution in [0.4, 0.5) is 17.1 Å². The molecule has 7 N–H and O–H groups in total. The molecule has 0 bridgehead atoms. The Bertz CT molecular complexity index is 2580. The predicted molar refractivity (Wildman–Crippen MR) is 270 cm³/mol. The van der Waals surface area contributed by atoms with Gasteiger partial charge in [0.25, 0.3) is 10.0 Å². The van der Waals surface area contributed by atoms with Gasteiger partial charge in [-0.25, -0.2) is 31.7 Å². The zero-order valence-electron chi connectivity index (χ0n) is 42.5. The Morgan fingerprint density at radius 1 is 0.671 bits per heavy atom. The second-order valence-corrected chi connectivity index (χ2v) is 21.8. The number of hydrogen-bond donors (Lipinski definition) is 3. The van der Waals surface area contributed by atoms with Gasteiger partial charge in [0.15, 0.2) is 0 Å². The number of para-hydroxylation sites is 2. The van der Waals surface area contributed by atoms with Crippen LogP contribution in [0.2, 0.25) is 0 Å². The van der Waals surface area contributed by atoms with Crippen LogP contribution in [0.3, 0.4) is 0 Å². The van der Waals surface area contributed by atoms with E-state index < -0.39 is 42.0 Å². The molecule has 70 heavy (non-hydrogen) atoms. The summed E-state index contributed by atoms with van der Waals surface area (Å²) in [6, 6.07) is 15.0. The molecule has 0 aromatic heterocycles. The number of fused-ring (bicyclic) bond motifs is 1. The van der Waals surface area contributed by atoms with E-state index in [-0.39, 0.29) is 95.2 Å². The molecule has 3 aromatic carbocycles. The van der Waals surface area contributed by atoms with Crippen LogP contribution in [0.15, 0.2) is 59.0 Å². The van der Waals surface area contributed by atoms with Gasteiger partial charge in [-0.3, -0.25) is 14.4 Å². The monoisotopic (exact) mass is 1020 g/mol. The fourth-order valence-electron chi connectivity index (χ4n) is 6.50. The second kappa shape index (κ2) is 29.5. The quantitative estimate of drug-likeness (QED) is 0.0528. The number of carbonyl (C=O) groups excluding carboxylic acids is 3. The number of Topliss-reactive ketones (excluding diaryl/α,β-unsaturated/α-hetero) is 3. The zero-order valence-corrected chi connectivity index (χ0v) is 46.1. The van der Waals surface area contributed by atoms with E-state index in [0.717, 1.165) is 38.5 Å². The molecule has 0 spiro atoms. The fourth-order valence-corrected chi connectivity index (χ4v) is 8.25. The van der Waals surface area contributed by atoms with Gasteiger partial charge in [0, 0.05) is 24.9 Å². The van der Waals surface area contributed by atoms with Gasteiger partial charge >= 0.3 is 29.6 Å². The van der Waals surface area contributed by atoms with Gasteiger partial charge in [0.05, 0.1) is 59.7 Å². The van der Waals surface area contributed by atoms with Gasteiger partial charge in [0.1, 0.15) is 47.0 Å². The van der Waals surface area contributed by atoms with Crippen molar-refractivity contribution in [1.29, 1.82) is 0 Å². The summed E-state index contributed by atoms with van der Waals surface area (Å²) in [6.07, 6.45) is 7.10. The van der Waals surface area contributed by atoms with Crippen molar-refractivity contribution in [3.05, 3.63) is 94.1 Å². The maximum atomic E-state index is 12.3. The Balaban J connectivity index is 0.00000101. The third-order valence-corrected chi connectivity index (χ3v) is 12.8. The molecular weight excluding hydrogens is 948 g/mol. The molecule has 0 saturated heterocycles. The number of rotatable bonds is 23. The molecule has 0 atom stereocenters. The van der Waals surface area contributed by atoms with Crippen molar-refractivity contribution in [1.82, 2.24) is 0 Å². The van der Waals surface area contributed by atoms with Gasteiger partial charge in [0.2, 0.25) is 21.4 Å². The summed E-state index contributed by atoms with van der Waals surface area (Å²) in [5, 5.41) is 5.05. The smallest absolute Gasteiger partial charge is 0.870 e. The number of ether oxygens (including phenoxy) is 3. The molecule has 1 heterocycles. The van der Waals surface area contributed by atoms with E-state index in [2.05, 4.69) is 21.0 Å². The number of amidine groups is 1. The number of unbranched alkanes of at least 4 members (excludes halogenated alkanes) is 3. The molecule has 0 fully saturated rings. The van der Waals surface area contributed by atoms with E-state index in [0.29, 0.717) is 58.8 Å². The first kappa shape index (κ1) is 65.1. The molecule has 0 saturated carbocycles. The van der Waals surface area contributed by atoms with Gasteiger partial charge in [-0.2, -0.15) is 0 Å². The maximum absolute atomic E-state index is 12.3. The van der Waals surface area contributed by atoms with Gasteiger partial charge in [-0.15, -0.1) is 4.40 Å². The standard InChI is InChI=1S/2C17H24N2O4S.C16H22N2O2.Na.H2O/c1-4-5-9-14(20)17(2,3)11-23-13-8-6-7-12-10-24(21,22)19-16(18)15(12)13;1-5-6-10-15(20)17(2,3)12-23-14-9-7-8-13(16(14)19-4)11-24(18,21)22;1-5-6-10-14(19)16(2,3)11-20-13-9-7-8-12(17)15(13)18-4;;/h6-8H,4-5,9-11H2,1-3H3,(H2,18,19);7-9H,5-6,10-12H2,1-3H3,(H2,18,21,22);7-9H,5-6,10-11,17H2,1-3H3;;1H2/q;;;+1;/p-1. The molecule has 4 rings (SSSR count). The predicted octanol–water partition coefficient (Wildman–Crippen LogP) is 6.40. The number of primary sulfonamides is 1. The van der Waals surface area contributed by atoms with Crippen molar-refractivity contribution in [2.45, 2.75) is 132 Å². The summed E-state index contributed by atoms with van der Waals surface area (Å²) in [7, 11) is -7.32. The molecule has 0 amide bonds. The van der Waals surface area contributed by atoms with E-state index in [4.69, 9.17) is 44.0 Å². The first-order chi connectivity index (χ1) is 31.7. The number of sulfonamides is 2. The molecule has 0 radical (unpaired) electrons. The van der Waals surface area contributed by atoms with Gasteiger partial charge in [-0.05, 0) is 96.2 Å². The largest absolute Gasteiger partial charge is 1.00 e. The minimum absolute atomic E-state index is 0. The summed E-state index contributed by atoms with van der Waals surface area (Å²) in [5.74, 6) is 0.918. The normalized spacial score (nSPS) is 12.7. The minimum Gasteiger partial charge on any atom is -0.870 e. The van der Waals surface area contributed by atoms with Crippen LogP contribution in [0.5, 0.6) is 17.2 Å². The summed E-state index contributed by atoms with van der Waals surface area (Å²) in [6.45, 7) is 32.2. The van der Waals surface area contributed by atoms with E-state index in [1.165, 1.54) is 6.07 Å². The number of nitrogens with two attached hydrogens (primary N) is 3. The molecule has 1 aliphatic rings. The summed E-state index contributed by atoms with van der Waals surface area (Å²) in [4.78, 5) is 43.3. The topological polar surface area (TPSA) is 276 Å². The van der Waals surface area contributed by atoms with Crippen molar-refractivity contribution < 1.29 is 80.5 Å². The third kappa shape index (κ3) is 20.8. The number of nitrogen functional groups attached to an aromatic ring is 1. The molecule has 17 nitrogen and oxygen atoms in total. The second-order valence-electron chi connectivity index (χ2n) is 18.6. The van der Waals surface area contributed by atoms with Crippen molar-refractivity contribution in [3.63, 3.8) is 0 Å². The molecule has 0 aliphatic carbocycles. The van der Waals surface area contributed by atoms with Crippen molar-refractivity contribution in [2.24, 2.45) is 31.5 Å². The SMILES string of the molecule is CCCCC(=O)C(C)(C)COc1cccc2c1C(N)=NS(=O)(=O)C2.[C-]#[N+]c1c(CS(N)(=O)=O)cccc1OCC(C)(C)C(=O)CCCC.[C-]#[N+]c1c(N)cccc1OCC(C)(C)C(=O)CCCC.[Na+].[OH-]. The molecule has 3 aromatic rings. The first-order valence-electron chi connectivity index (χ1n) is 22.6. The first-order valence-corrected chi connectivity index (χ1v) is 26.0. The molecule has 20 heteroatoms. The number of benzene rings is 3. The Morgan fingerprint density at radius 2 is 1.06 bits per heavy atom. The van der Waals surface area contributed by atoms with E-state index >= 15 is 0 Å². The minimum atomic E-state index is -3.75. The number of ketones is 3. The average molecular weight is 1020 g/mol. The molecule has 1 aliphatic heterocycles. The summed E-state index contributed by atoms with van der Waals surface area (Å²) >= 11 is 0. The van der Waals surface area contributed by atoms with Crippen LogP contribution in [-0.2, 0) is 45.9 Å². The van der Waals surface area contributed by atoms with Crippen LogP contribution in [0, 0.1) is 29.4 Å². The molecule has 380 valence electrons. The van der Waals surface area contributed by atoms with Gasteiger partial charge < -0.3 is 31.2 Å². The van der Waals surface area contributed by atoms with Crippen molar-refractivity contribution >= 4 is 60.3 Å². The number of hydrogen-bond acceptors (Lipinski definition) is 13. The number of carbonyl (C=O) groups is 3. The van der Waals surface area contributed by atoms with Gasteiger partial charge in [-0.1, -0.05) is 70.4 Å². The number of nitrogens with zero attached hydrogens (tertiary/aromatic N) is 3. The van der Waals surface area contributed by atoms with Crippen LogP contribution >= 0.6 is 0 Å². The maximum Gasteiger partial charge on any atom is 1.00 e. The summed E-state index contributed by atoms with van der Waals surface area (Å²) < 4.78 is 66.7. The fraction of sp³-hybridized carbons (Fsp3) is 0.520. The van der Waals surface area contributed by atoms with E-state index in [1.807, 2.05) is 41.5 Å². The van der Waals surface area contributed by atoms with E-state index in [9.17, 15) is 31.2 Å². The zero-order chi connectivity index (χ0) is 51.5. The molecular formula is C50H71N6NaO11S2. The van der Waals surface area contributed by atoms with Crippen LogP contribution in [0.1, 0.15) is 137 Å².